The zero-order chi connectivity index (χ0) is 21.3. The van der Waals surface area contributed by atoms with Gasteiger partial charge in [-0.05, 0) is 48.5 Å². The van der Waals surface area contributed by atoms with Gasteiger partial charge in [-0.2, -0.15) is 0 Å². The standard InChI is InChI=1S/C22H23N3O5/c1-28-17-9-10-20(29-2)19(12-17)23-14-21(26)25-16-7-5-15(6-8-16)22(27)24-13-18-4-3-11-30-18/h3-12,23H,13-14H2,1-2H3,(H,24,27)(H,25,26). The normalized spacial score (nSPS) is 10.2. The summed E-state index contributed by atoms with van der Waals surface area (Å²) in [5, 5.41) is 8.58. The number of nitrogens with one attached hydrogen (secondary N) is 3. The minimum atomic E-state index is -0.241. The highest BCUT2D eigenvalue weighted by molar-refractivity contribution is 5.96. The number of anilines is 2. The van der Waals surface area contributed by atoms with Gasteiger partial charge in [0, 0.05) is 17.3 Å². The SMILES string of the molecule is COc1ccc(OC)c(NCC(=O)Nc2ccc(C(=O)NCc3ccco3)cc2)c1. The summed E-state index contributed by atoms with van der Waals surface area (Å²) in [4.78, 5) is 24.4. The fourth-order valence-corrected chi connectivity index (χ4v) is 2.72. The van der Waals surface area contributed by atoms with Gasteiger partial charge in [0.1, 0.15) is 17.3 Å². The van der Waals surface area contributed by atoms with Crippen LogP contribution in [0.15, 0.2) is 65.3 Å². The van der Waals surface area contributed by atoms with Crippen molar-refractivity contribution in [3.8, 4) is 11.5 Å². The number of ether oxygens (including phenoxy) is 2. The van der Waals surface area contributed by atoms with E-state index in [1.54, 1.807) is 75.1 Å². The molecule has 0 fully saturated rings. The molecule has 0 saturated heterocycles. The van der Waals surface area contributed by atoms with E-state index in [0.717, 1.165) is 0 Å². The Bertz CT molecular complexity index is 985. The molecule has 1 aromatic heterocycles. The zero-order valence-electron chi connectivity index (χ0n) is 16.7. The van der Waals surface area contributed by atoms with Crippen molar-refractivity contribution in [2.24, 2.45) is 0 Å². The largest absolute Gasteiger partial charge is 0.497 e. The Morgan fingerprint density at radius 3 is 2.47 bits per heavy atom. The Hall–Kier alpha value is -3.94. The van der Waals surface area contributed by atoms with Crippen molar-refractivity contribution in [1.82, 2.24) is 5.32 Å². The van der Waals surface area contributed by atoms with Crippen LogP contribution in [0.5, 0.6) is 11.5 Å². The number of carbonyl (C=O) groups is 2. The molecule has 1 heterocycles. The van der Waals surface area contributed by atoms with Crippen molar-refractivity contribution in [2.45, 2.75) is 6.54 Å². The van der Waals surface area contributed by atoms with Gasteiger partial charge < -0.3 is 29.8 Å². The van der Waals surface area contributed by atoms with Gasteiger partial charge in [0.15, 0.2) is 0 Å². The van der Waals surface area contributed by atoms with Crippen LogP contribution in [0.25, 0.3) is 0 Å². The summed E-state index contributed by atoms with van der Waals surface area (Å²) in [6, 6.07) is 15.5. The Labute approximate surface area is 174 Å². The van der Waals surface area contributed by atoms with Gasteiger partial charge in [-0.15, -0.1) is 0 Å². The first-order valence-electron chi connectivity index (χ1n) is 9.25. The molecule has 0 bridgehead atoms. The number of hydrogen-bond donors (Lipinski definition) is 3. The topological polar surface area (TPSA) is 102 Å². The van der Waals surface area contributed by atoms with Crippen molar-refractivity contribution in [2.75, 3.05) is 31.4 Å². The molecule has 3 aromatic rings. The zero-order valence-corrected chi connectivity index (χ0v) is 16.7. The Kier molecular flexibility index (Phi) is 6.94. The van der Waals surface area contributed by atoms with Crippen LogP contribution in [0.1, 0.15) is 16.1 Å². The highest BCUT2D eigenvalue weighted by Gasteiger charge is 2.09. The van der Waals surface area contributed by atoms with E-state index in [0.29, 0.717) is 40.7 Å². The fourth-order valence-electron chi connectivity index (χ4n) is 2.72. The molecule has 0 spiro atoms. The lowest BCUT2D eigenvalue weighted by atomic mass is 10.2. The lowest BCUT2D eigenvalue weighted by Crippen LogP contribution is -2.23. The molecular weight excluding hydrogens is 386 g/mol. The molecule has 2 aromatic carbocycles. The Balaban J connectivity index is 1.51. The summed E-state index contributed by atoms with van der Waals surface area (Å²) in [6.07, 6.45) is 1.55. The number of rotatable bonds is 9. The van der Waals surface area contributed by atoms with Crippen molar-refractivity contribution in [3.63, 3.8) is 0 Å². The van der Waals surface area contributed by atoms with E-state index in [1.165, 1.54) is 0 Å². The van der Waals surface area contributed by atoms with Crippen LogP contribution in [0.3, 0.4) is 0 Å². The summed E-state index contributed by atoms with van der Waals surface area (Å²) in [6.45, 7) is 0.346. The van der Waals surface area contributed by atoms with Crippen LogP contribution in [-0.4, -0.2) is 32.6 Å². The number of furan rings is 1. The van der Waals surface area contributed by atoms with Gasteiger partial charge >= 0.3 is 0 Å². The third-order valence-electron chi connectivity index (χ3n) is 4.28. The van der Waals surface area contributed by atoms with E-state index in [1.807, 2.05) is 0 Å². The maximum absolute atomic E-state index is 12.3. The average Bonchev–Trinajstić information content (AvgIpc) is 3.30. The number of methoxy groups -OCH3 is 2. The van der Waals surface area contributed by atoms with Crippen molar-refractivity contribution in [1.29, 1.82) is 0 Å². The van der Waals surface area contributed by atoms with E-state index in [4.69, 9.17) is 13.9 Å². The minimum absolute atomic E-state index is 0.0366. The number of amides is 2. The molecule has 156 valence electrons. The highest BCUT2D eigenvalue weighted by atomic mass is 16.5. The summed E-state index contributed by atoms with van der Waals surface area (Å²) in [5.74, 6) is 1.46. The quantitative estimate of drug-likeness (QED) is 0.501. The smallest absolute Gasteiger partial charge is 0.251 e. The van der Waals surface area contributed by atoms with Gasteiger partial charge in [-0.1, -0.05) is 0 Å². The second-order valence-electron chi connectivity index (χ2n) is 6.31. The maximum atomic E-state index is 12.3. The first-order valence-corrected chi connectivity index (χ1v) is 9.25. The minimum Gasteiger partial charge on any atom is -0.497 e. The highest BCUT2D eigenvalue weighted by Crippen LogP contribution is 2.28. The van der Waals surface area contributed by atoms with Gasteiger partial charge in [0.25, 0.3) is 5.91 Å². The molecule has 0 radical (unpaired) electrons. The number of hydrogen-bond acceptors (Lipinski definition) is 6. The van der Waals surface area contributed by atoms with Gasteiger partial charge in [-0.3, -0.25) is 9.59 Å². The predicted octanol–water partition coefficient (Wildman–Crippen LogP) is 3.28. The van der Waals surface area contributed by atoms with E-state index < -0.39 is 0 Å². The van der Waals surface area contributed by atoms with Crippen molar-refractivity contribution in [3.05, 3.63) is 72.2 Å². The first-order chi connectivity index (χ1) is 14.6. The van der Waals surface area contributed by atoms with E-state index in [9.17, 15) is 9.59 Å². The average molecular weight is 409 g/mol. The molecule has 0 aliphatic carbocycles. The maximum Gasteiger partial charge on any atom is 0.251 e. The van der Waals surface area contributed by atoms with Crippen LogP contribution >= 0.6 is 0 Å². The van der Waals surface area contributed by atoms with Crippen LogP contribution in [0, 0.1) is 0 Å². The predicted molar refractivity (Wildman–Crippen MR) is 113 cm³/mol. The molecule has 0 atom stereocenters. The Morgan fingerprint density at radius 1 is 1.00 bits per heavy atom. The van der Waals surface area contributed by atoms with Gasteiger partial charge in [0.2, 0.25) is 5.91 Å². The molecule has 0 aliphatic rings. The fraction of sp³-hybridized carbons (Fsp3) is 0.182. The summed E-state index contributed by atoms with van der Waals surface area (Å²) >= 11 is 0. The third-order valence-corrected chi connectivity index (χ3v) is 4.28. The third kappa shape index (κ3) is 5.54. The molecule has 8 heteroatoms. The summed E-state index contributed by atoms with van der Waals surface area (Å²) < 4.78 is 15.7. The molecule has 0 aliphatic heterocycles. The molecule has 2 amide bonds. The number of carbonyl (C=O) groups excluding carboxylic acids is 2. The molecule has 3 N–H and O–H groups in total. The number of benzene rings is 2. The molecule has 30 heavy (non-hydrogen) atoms. The molecule has 0 saturated carbocycles. The Morgan fingerprint density at radius 2 is 1.80 bits per heavy atom. The first kappa shape index (κ1) is 20.8. The van der Waals surface area contributed by atoms with Crippen LogP contribution in [-0.2, 0) is 11.3 Å². The lowest BCUT2D eigenvalue weighted by Gasteiger charge is -2.13. The molecule has 0 unspecified atom stereocenters. The summed E-state index contributed by atoms with van der Waals surface area (Å²) in [7, 11) is 3.12. The van der Waals surface area contributed by atoms with Crippen molar-refractivity contribution < 1.29 is 23.5 Å². The second kappa shape index (κ2) is 10.0. The van der Waals surface area contributed by atoms with E-state index in [-0.39, 0.29) is 18.4 Å². The van der Waals surface area contributed by atoms with Crippen molar-refractivity contribution >= 4 is 23.2 Å². The van der Waals surface area contributed by atoms with Crippen LogP contribution in [0.2, 0.25) is 0 Å². The molecule has 8 nitrogen and oxygen atoms in total. The monoisotopic (exact) mass is 409 g/mol. The summed E-state index contributed by atoms with van der Waals surface area (Å²) in [5.41, 5.74) is 1.72. The molecule has 3 rings (SSSR count). The second-order valence-corrected chi connectivity index (χ2v) is 6.31. The van der Waals surface area contributed by atoms with E-state index in [2.05, 4.69) is 16.0 Å². The van der Waals surface area contributed by atoms with Crippen LogP contribution < -0.4 is 25.4 Å². The lowest BCUT2D eigenvalue weighted by molar-refractivity contribution is -0.114. The molecular formula is C22H23N3O5. The van der Waals surface area contributed by atoms with Gasteiger partial charge in [0.05, 0.1) is 39.3 Å². The van der Waals surface area contributed by atoms with Crippen LogP contribution in [0.4, 0.5) is 11.4 Å². The van der Waals surface area contributed by atoms with E-state index >= 15 is 0 Å². The van der Waals surface area contributed by atoms with Gasteiger partial charge in [-0.25, -0.2) is 0 Å².